The van der Waals surface area contributed by atoms with Crippen LogP contribution in [0.3, 0.4) is 0 Å². The van der Waals surface area contributed by atoms with E-state index in [2.05, 4.69) is 15.0 Å². The lowest BCUT2D eigenvalue weighted by Crippen LogP contribution is -2.26. The van der Waals surface area contributed by atoms with Gasteiger partial charge in [-0.25, -0.2) is 18.1 Å². The molecule has 1 aliphatic rings. The zero-order valence-electron chi connectivity index (χ0n) is 13.6. The first-order chi connectivity index (χ1) is 11.3. The van der Waals surface area contributed by atoms with Crippen LogP contribution in [0.5, 0.6) is 0 Å². The van der Waals surface area contributed by atoms with E-state index in [0.29, 0.717) is 0 Å². The van der Waals surface area contributed by atoms with Gasteiger partial charge in [0.25, 0.3) is 15.9 Å². The number of carbonyl (C=O) groups is 1. The zero-order chi connectivity index (χ0) is 17.5. The van der Waals surface area contributed by atoms with Crippen LogP contribution >= 0.6 is 11.3 Å². The Bertz CT molecular complexity index is 865. The molecule has 2 N–H and O–H groups in total. The lowest BCUT2D eigenvalue weighted by molar-refractivity contribution is 0.0907. The van der Waals surface area contributed by atoms with Crippen LogP contribution in [0.4, 0.5) is 0 Å². The van der Waals surface area contributed by atoms with Gasteiger partial charge in [-0.15, -0.1) is 11.3 Å². The van der Waals surface area contributed by atoms with Crippen molar-refractivity contribution in [3.05, 3.63) is 33.5 Å². The molecule has 9 heteroatoms. The van der Waals surface area contributed by atoms with E-state index in [4.69, 9.17) is 4.42 Å². The second-order valence-corrected chi connectivity index (χ2v) is 8.77. The van der Waals surface area contributed by atoms with Crippen molar-refractivity contribution in [2.24, 2.45) is 0 Å². The number of aryl methyl sites for hydroxylation is 2. The predicted octanol–water partition coefficient (Wildman–Crippen LogP) is 2.28. The summed E-state index contributed by atoms with van der Waals surface area (Å²) in [6.07, 6.45) is 1.66. The van der Waals surface area contributed by atoms with Crippen LogP contribution < -0.4 is 10.0 Å². The molecule has 1 atom stereocenters. The molecule has 1 amide bonds. The summed E-state index contributed by atoms with van der Waals surface area (Å²) in [6.45, 7) is 5.65. The monoisotopic (exact) mass is 369 g/mol. The van der Waals surface area contributed by atoms with Gasteiger partial charge in [0.1, 0.15) is 0 Å². The van der Waals surface area contributed by atoms with Gasteiger partial charge < -0.3 is 9.73 Å². The average Bonchev–Trinajstić information content (AvgIpc) is 3.01. The number of carbonyl (C=O) groups excluding carboxylic acids is 1. The lowest BCUT2D eigenvalue weighted by Gasteiger charge is -2.11. The van der Waals surface area contributed by atoms with Gasteiger partial charge in [-0.2, -0.15) is 0 Å². The number of thiazole rings is 1. The summed E-state index contributed by atoms with van der Waals surface area (Å²) in [5.41, 5.74) is 0.877. The SMILES string of the molecule is Cc1nc(C)c([C@@H](C)NC(=O)c2ccc(S(=O)(=O)NC3CC3)o2)s1. The molecule has 0 unspecified atom stereocenters. The Morgan fingerprint density at radius 3 is 2.67 bits per heavy atom. The summed E-state index contributed by atoms with van der Waals surface area (Å²) < 4.78 is 31.9. The van der Waals surface area contributed by atoms with Gasteiger partial charge in [-0.05, 0) is 45.7 Å². The number of hydrogen-bond donors (Lipinski definition) is 2. The maximum atomic E-state index is 12.3. The molecule has 2 heterocycles. The van der Waals surface area contributed by atoms with E-state index in [1.807, 2.05) is 20.8 Å². The molecule has 2 aromatic rings. The van der Waals surface area contributed by atoms with Crippen molar-refractivity contribution in [2.75, 3.05) is 0 Å². The Kier molecular flexibility index (Phi) is 4.50. The zero-order valence-corrected chi connectivity index (χ0v) is 15.3. The molecule has 7 nitrogen and oxygen atoms in total. The van der Waals surface area contributed by atoms with Crippen molar-refractivity contribution in [3.63, 3.8) is 0 Å². The number of amides is 1. The molecule has 0 saturated heterocycles. The quantitative estimate of drug-likeness (QED) is 0.813. The minimum atomic E-state index is -3.70. The summed E-state index contributed by atoms with van der Waals surface area (Å²) in [7, 11) is -3.70. The maximum Gasteiger partial charge on any atom is 0.287 e. The fraction of sp³-hybridized carbons (Fsp3) is 0.467. The smallest absolute Gasteiger partial charge is 0.287 e. The number of nitrogens with zero attached hydrogens (tertiary/aromatic N) is 1. The van der Waals surface area contributed by atoms with Crippen LogP contribution in [0.15, 0.2) is 21.6 Å². The topological polar surface area (TPSA) is 101 Å². The molecule has 24 heavy (non-hydrogen) atoms. The van der Waals surface area contributed by atoms with E-state index >= 15 is 0 Å². The van der Waals surface area contributed by atoms with Crippen LogP contribution in [-0.2, 0) is 10.0 Å². The molecule has 0 radical (unpaired) electrons. The second-order valence-electron chi connectivity index (χ2n) is 5.89. The van der Waals surface area contributed by atoms with Crippen molar-refractivity contribution in [3.8, 4) is 0 Å². The van der Waals surface area contributed by atoms with Crippen molar-refractivity contribution in [2.45, 2.75) is 50.8 Å². The summed E-state index contributed by atoms with van der Waals surface area (Å²) in [6, 6.07) is 2.41. The molecule has 0 aliphatic heterocycles. The predicted molar refractivity (Wildman–Crippen MR) is 89.5 cm³/mol. The highest BCUT2D eigenvalue weighted by Crippen LogP contribution is 2.26. The van der Waals surface area contributed by atoms with Crippen LogP contribution in [0.1, 0.15) is 51.9 Å². The number of sulfonamides is 1. The molecule has 1 aliphatic carbocycles. The highest BCUT2D eigenvalue weighted by Gasteiger charge is 2.30. The van der Waals surface area contributed by atoms with Crippen LogP contribution in [0.2, 0.25) is 0 Å². The number of aromatic nitrogens is 1. The summed E-state index contributed by atoms with van der Waals surface area (Å²) in [5.74, 6) is -0.488. The number of furan rings is 1. The Morgan fingerprint density at radius 1 is 1.38 bits per heavy atom. The standard InChI is InChI=1S/C15H19N3O4S2/c1-8-14(23-10(3)16-8)9(2)17-15(19)12-6-7-13(22-12)24(20,21)18-11-4-5-11/h6-7,9,11,18H,4-5H2,1-3H3,(H,17,19)/t9-/m1/s1. The van der Waals surface area contributed by atoms with E-state index in [1.165, 1.54) is 23.5 Å². The molecule has 2 aromatic heterocycles. The molecule has 0 spiro atoms. The molecule has 1 fully saturated rings. The van der Waals surface area contributed by atoms with E-state index in [0.717, 1.165) is 28.4 Å². The van der Waals surface area contributed by atoms with Gasteiger partial charge in [0, 0.05) is 10.9 Å². The first kappa shape index (κ1) is 17.1. The highest BCUT2D eigenvalue weighted by atomic mass is 32.2. The van der Waals surface area contributed by atoms with Crippen LogP contribution in [0.25, 0.3) is 0 Å². The molecule has 130 valence electrons. The van der Waals surface area contributed by atoms with Gasteiger partial charge in [-0.1, -0.05) is 0 Å². The minimum absolute atomic E-state index is 0.0186. The van der Waals surface area contributed by atoms with Crippen LogP contribution in [0, 0.1) is 13.8 Å². The lowest BCUT2D eigenvalue weighted by atomic mass is 10.2. The van der Waals surface area contributed by atoms with E-state index in [-0.39, 0.29) is 22.9 Å². The molecule has 0 aromatic carbocycles. The minimum Gasteiger partial charge on any atom is -0.438 e. The van der Waals surface area contributed by atoms with Crippen molar-refractivity contribution < 1.29 is 17.6 Å². The van der Waals surface area contributed by atoms with E-state index in [9.17, 15) is 13.2 Å². The molecule has 3 rings (SSSR count). The third kappa shape index (κ3) is 3.68. The van der Waals surface area contributed by atoms with Crippen molar-refractivity contribution in [1.29, 1.82) is 0 Å². The first-order valence-electron chi connectivity index (χ1n) is 7.63. The third-order valence-corrected chi connectivity index (χ3v) is 6.30. The second kappa shape index (κ2) is 6.30. The largest absolute Gasteiger partial charge is 0.438 e. The molecular weight excluding hydrogens is 350 g/mol. The van der Waals surface area contributed by atoms with Gasteiger partial charge in [0.2, 0.25) is 5.09 Å². The maximum absolute atomic E-state index is 12.3. The summed E-state index contributed by atoms with van der Waals surface area (Å²) in [5, 5.41) is 3.50. The fourth-order valence-corrected chi connectivity index (χ4v) is 4.51. The average molecular weight is 369 g/mol. The highest BCUT2D eigenvalue weighted by molar-refractivity contribution is 7.89. The van der Waals surface area contributed by atoms with Gasteiger partial charge in [0.15, 0.2) is 5.76 Å². The number of nitrogens with one attached hydrogen (secondary N) is 2. The van der Waals surface area contributed by atoms with E-state index < -0.39 is 15.9 Å². The molecule has 0 bridgehead atoms. The normalized spacial score (nSPS) is 16.1. The van der Waals surface area contributed by atoms with Gasteiger partial charge >= 0.3 is 0 Å². The Labute approximate surface area is 144 Å². The number of rotatable bonds is 6. The van der Waals surface area contributed by atoms with Crippen molar-refractivity contribution >= 4 is 27.3 Å². The first-order valence-corrected chi connectivity index (χ1v) is 9.93. The summed E-state index contributed by atoms with van der Waals surface area (Å²) in [4.78, 5) is 17.6. The van der Waals surface area contributed by atoms with Crippen molar-refractivity contribution in [1.82, 2.24) is 15.0 Å². The third-order valence-electron chi connectivity index (χ3n) is 3.65. The molecule has 1 saturated carbocycles. The van der Waals surface area contributed by atoms with Gasteiger partial charge in [0.05, 0.1) is 16.7 Å². The van der Waals surface area contributed by atoms with E-state index in [1.54, 1.807) is 0 Å². The molecular formula is C15H19N3O4S2. The number of hydrogen-bond acceptors (Lipinski definition) is 6. The fourth-order valence-electron chi connectivity index (χ4n) is 2.35. The van der Waals surface area contributed by atoms with Crippen LogP contribution in [-0.4, -0.2) is 25.4 Å². The Balaban J connectivity index is 1.70. The Morgan fingerprint density at radius 2 is 2.08 bits per heavy atom. The van der Waals surface area contributed by atoms with Gasteiger partial charge in [-0.3, -0.25) is 4.79 Å². The Hall–Kier alpha value is -1.71. The summed E-state index contributed by atoms with van der Waals surface area (Å²) >= 11 is 1.52.